The number of rotatable bonds is 5. The van der Waals surface area contributed by atoms with E-state index >= 15 is 0 Å². The lowest BCUT2D eigenvalue weighted by Crippen LogP contribution is -2.40. The number of aliphatic carboxylic acids is 1. The van der Waals surface area contributed by atoms with Gasteiger partial charge in [-0.1, -0.05) is 46.6 Å². The van der Waals surface area contributed by atoms with Crippen LogP contribution in [0.5, 0.6) is 0 Å². The summed E-state index contributed by atoms with van der Waals surface area (Å²) < 4.78 is 3.20. The van der Waals surface area contributed by atoms with Crippen molar-refractivity contribution in [1.82, 2.24) is 0 Å². The molecule has 0 bridgehead atoms. The molecule has 1 N–H and O–H groups in total. The standard InChI is InChI=1S/C13H14BrClO4/c1-3-8(2)19-12(18)13(14,11(16)17)9-4-6-10(15)7-5-9/h4-8H,3H2,1-2H3,(H,16,17). The molecular weight excluding hydrogens is 335 g/mol. The quantitative estimate of drug-likeness (QED) is 0.503. The highest BCUT2D eigenvalue weighted by atomic mass is 79.9. The Hall–Kier alpha value is -1.07. The number of hydrogen-bond donors (Lipinski definition) is 1. The van der Waals surface area contributed by atoms with Gasteiger partial charge in [0, 0.05) is 5.02 Å². The second-order valence-electron chi connectivity index (χ2n) is 4.09. The molecule has 0 spiro atoms. The van der Waals surface area contributed by atoms with Crippen LogP contribution in [0.2, 0.25) is 5.02 Å². The van der Waals surface area contributed by atoms with Gasteiger partial charge < -0.3 is 9.84 Å². The zero-order chi connectivity index (χ0) is 14.6. The van der Waals surface area contributed by atoms with Gasteiger partial charge in [-0.2, -0.15) is 0 Å². The molecule has 2 unspecified atom stereocenters. The van der Waals surface area contributed by atoms with Crippen LogP contribution in [-0.4, -0.2) is 23.1 Å². The molecule has 1 rings (SSSR count). The van der Waals surface area contributed by atoms with Crippen LogP contribution in [0.25, 0.3) is 0 Å². The average molecular weight is 350 g/mol. The lowest BCUT2D eigenvalue weighted by atomic mass is 9.99. The minimum Gasteiger partial charge on any atom is -0.480 e. The normalized spacial score (nSPS) is 15.4. The molecule has 0 aliphatic rings. The zero-order valence-electron chi connectivity index (χ0n) is 10.5. The summed E-state index contributed by atoms with van der Waals surface area (Å²) in [5.74, 6) is -2.18. The maximum Gasteiger partial charge on any atom is 0.339 e. The van der Waals surface area contributed by atoms with Gasteiger partial charge in [0.05, 0.1) is 6.10 Å². The van der Waals surface area contributed by atoms with Gasteiger partial charge in [-0.3, -0.25) is 0 Å². The minimum absolute atomic E-state index is 0.262. The number of carbonyl (C=O) groups excluding carboxylic acids is 1. The number of carboxylic acids is 1. The van der Waals surface area contributed by atoms with Crippen molar-refractivity contribution in [2.24, 2.45) is 0 Å². The van der Waals surface area contributed by atoms with Crippen LogP contribution in [-0.2, 0) is 18.7 Å². The number of halogens is 2. The van der Waals surface area contributed by atoms with E-state index in [1.807, 2.05) is 6.92 Å². The molecule has 0 radical (unpaired) electrons. The van der Waals surface area contributed by atoms with Crippen molar-refractivity contribution in [1.29, 1.82) is 0 Å². The molecule has 0 saturated carbocycles. The van der Waals surface area contributed by atoms with Crippen LogP contribution < -0.4 is 0 Å². The van der Waals surface area contributed by atoms with E-state index < -0.39 is 16.3 Å². The molecule has 2 atom stereocenters. The first-order chi connectivity index (χ1) is 8.82. The van der Waals surface area contributed by atoms with Gasteiger partial charge in [-0.25, -0.2) is 9.59 Å². The Morgan fingerprint density at radius 1 is 1.42 bits per heavy atom. The van der Waals surface area contributed by atoms with Crippen molar-refractivity contribution in [3.05, 3.63) is 34.9 Å². The van der Waals surface area contributed by atoms with Crippen LogP contribution in [0.1, 0.15) is 25.8 Å². The Morgan fingerprint density at radius 3 is 2.37 bits per heavy atom. The van der Waals surface area contributed by atoms with Gasteiger partial charge in [0.15, 0.2) is 0 Å². The fourth-order valence-electron chi connectivity index (χ4n) is 1.36. The predicted molar refractivity (Wildman–Crippen MR) is 75.5 cm³/mol. The number of benzene rings is 1. The highest BCUT2D eigenvalue weighted by Crippen LogP contribution is 2.34. The van der Waals surface area contributed by atoms with Gasteiger partial charge in [0.1, 0.15) is 0 Å². The molecule has 0 aliphatic carbocycles. The van der Waals surface area contributed by atoms with E-state index in [0.29, 0.717) is 11.4 Å². The van der Waals surface area contributed by atoms with E-state index in [0.717, 1.165) is 0 Å². The second-order valence-corrected chi connectivity index (χ2v) is 5.72. The molecule has 0 aromatic heterocycles. The van der Waals surface area contributed by atoms with E-state index in [2.05, 4.69) is 15.9 Å². The summed E-state index contributed by atoms with van der Waals surface area (Å²) >= 11 is 8.74. The summed E-state index contributed by atoms with van der Waals surface area (Å²) in [5, 5.41) is 9.79. The highest BCUT2D eigenvalue weighted by Gasteiger charge is 2.47. The summed E-state index contributed by atoms with van der Waals surface area (Å²) in [6.45, 7) is 3.55. The van der Waals surface area contributed by atoms with E-state index in [1.165, 1.54) is 24.3 Å². The Labute approximate surface area is 124 Å². The molecular formula is C13H14BrClO4. The first kappa shape index (κ1) is 16.0. The van der Waals surface area contributed by atoms with Crippen LogP contribution in [0.3, 0.4) is 0 Å². The van der Waals surface area contributed by atoms with Crippen molar-refractivity contribution in [3.8, 4) is 0 Å². The number of alkyl halides is 1. The Balaban J connectivity index is 3.13. The van der Waals surface area contributed by atoms with Gasteiger partial charge in [0.2, 0.25) is 4.32 Å². The largest absolute Gasteiger partial charge is 0.480 e. The topological polar surface area (TPSA) is 63.6 Å². The molecule has 0 amide bonds. The third-order valence-electron chi connectivity index (χ3n) is 2.70. The SMILES string of the molecule is CCC(C)OC(=O)C(Br)(C(=O)O)c1ccc(Cl)cc1. The van der Waals surface area contributed by atoms with Crippen LogP contribution in [0, 0.1) is 0 Å². The summed E-state index contributed by atoms with van der Waals surface area (Å²) in [7, 11) is 0. The Bertz CT molecular complexity index is 474. The number of hydrogen-bond acceptors (Lipinski definition) is 3. The smallest absolute Gasteiger partial charge is 0.339 e. The molecule has 1 aromatic carbocycles. The van der Waals surface area contributed by atoms with Gasteiger partial charge in [0.25, 0.3) is 0 Å². The molecule has 1 aromatic rings. The van der Waals surface area contributed by atoms with Crippen molar-refractivity contribution in [2.45, 2.75) is 30.7 Å². The van der Waals surface area contributed by atoms with Gasteiger partial charge in [-0.05, 0) is 31.0 Å². The summed E-state index contributed by atoms with van der Waals surface area (Å²) in [4.78, 5) is 23.5. The monoisotopic (exact) mass is 348 g/mol. The van der Waals surface area contributed by atoms with Crippen molar-refractivity contribution in [3.63, 3.8) is 0 Å². The lowest BCUT2D eigenvalue weighted by Gasteiger charge is -2.23. The predicted octanol–water partition coefficient (Wildman–Crippen LogP) is 3.36. The minimum atomic E-state index is -1.92. The molecule has 19 heavy (non-hydrogen) atoms. The first-order valence-electron chi connectivity index (χ1n) is 5.71. The maximum absolute atomic E-state index is 12.1. The molecule has 4 nitrogen and oxygen atoms in total. The van der Waals surface area contributed by atoms with E-state index in [4.69, 9.17) is 16.3 Å². The second kappa shape index (κ2) is 6.39. The lowest BCUT2D eigenvalue weighted by molar-refractivity contribution is -0.159. The Morgan fingerprint density at radius 2 is 1.95 bits per heavy atom. The first-order valence-corrected chi connectivity index (χ1v) is 6.88. The molecule has 6 heteroatoms. The van der Waals surface area contributed by atoms with E-state index in [1.54, 1.807) is 6.92 Å². The molecule has 0 saturated heterocycles. The van der Waals surface area contributed by atoms with Gasteiger partial charge >= 0.3 is 11.9 Å². The maximum atomic E-state index is 12.1. The fraction of sp³-hybridized carbons (Fsp3) is 0.385. The third kappa shape index (κ3) is 3.48. The van der Waals surface area contributed by atoms with Crippen LogP contribution >= 0.6 is 27.5 Å². The average Bonchev–Trinajstić information content (AvgIpc) is 2.38. The fourth-order valence-corrected chi connectivity index (χ4v) is 1.84. The summed E-state index contributed by atoms with van der Waals surface area (Å²) in [5.41, 5.74) is 0.262. The molecule has 0 heterocycles. The number of ether oxygens (including phenoxy) is 1. The van der Waals surface area contributed by atoms with Crippen molar-refractivity contribution >= 4 is 39.5 Å². The zero-order valence-corrected chi connectivity index (χ0v) is 12.9. The van der Waals surface area contributed by atoms with Crippen molar-refractivity contribution in [2.75, 3.05) is 0 Å². The molecule has 0 aliphatic heterocycles. The number of esters is 1. The van der Waals surface area contributed by atoms with Crippen molar-refractivity contribution < 1.29 is 19.4 Å². The van der Waals surface area contributed by atoms with Crippen LogP contribution in [0.15, 0.2) is 24.3 Å². The third-order valence-corrected chi connectivity index (χ3v) is 4.07. The summed E-state index contributed by atoms with van der Waals surface area (Å²) in [6, 6.07) is 5.99. The van der Waals surface area contributed by atoms with Gasteiger partial charge in [-0.15, -0.1) is 0 Å². The summed E-state index contributed by atoms with van der Waals surface area (Å²) in [6.07, 6.45) is 0.255. The Kier molecular flexibility index (Phi) is 5.38. The highest BCUT2D eigenvalue weighted by molar-refractivity contribution is 9.10. The van der Waals surface area contributed by atoms with Crippen LogP contribution in [0.4, 0.5) is 0 Å². The molecule has 104 valence electrons. The number of carboxylic acid groups (broad SMARTS) is 1. The molecule has 0 fully saturated rings. The van der Waals surface area contributed by atoms with E-state index in [-0.39, 0.29) is 11.7 Å². The number of carbonyl (C=O) groups is 2. The van der Waals surface area contributed by atoms with E-state index in [9.17, 15) is 14.7 Å².